The molecule has 0 saturated carbocycles. The van der Waals surface area contributed by atoms with E-state index in [0.29, 0.717) is 37.1 Å². The van der Waals surface area contributed by atoms with E-state index in [1.54, 1.807) is 37.8 Å². The molecule has 1 heterocycles. The minimum atomic E-state index is -0.943. The fraction of sp³-hybridized carbons (Fsp3) is 0.607. The topological polar surface area (TPSA) is 173 Å². The van der Waals surface area contributed by atoms with Gasteiger partial charge in [0.25, 0.3) is 5.91 Å². The number of carbonyl (C=O) groups excluding carboxylic acids is 4. The van der Waals surface area contributed by atoms with Gasteiger partial charge in [0.05, 0.1) is 12.7 Å². The molecule has 1 aliphatic rings. The van der Waals surface area contributed by atoms with Crippen molar-refractivity contribution in [3.05, 3.63) is 35.4 Å². The molecule has 3 amide bonds. The Morgan fingerprint density at radius 3 is 2.12 bits per heavy atom. The fourth-order valence-electron chi connectivity index (χ4n) is 3.93. The SMILES string of the molecule is CC(C)(C)NC(=O)OCCC(NC(=O)c1ccc(C(=N)N)cc1)C(=O)N1CCC(OCC(=O)OC(C)(C)C)CC1. The van der Waals surface area contributed by atoms with E-state index < -0.39 is 35.2 Å². The fourth-order valence-corrected chi connectivity index (χ4v) is 3.93. The molecule has 1 aliphatic heterocycles. The van der Waals surface area contributed by atoms with Crippen LogP contribution in [0.25, 0.3) is 0 Å². The molecule has 2 rings (SSSR count). The summed E-state index contributed by atoms with van der Waals surface area (Å²) >= 11 is 0. The first-order valence-corrected chi connectivity index (χ1v) is 13.4. The third kappa shape index (κ3) is 11.6. The summed E-state index contributed by atoms with van der Waals surface area (Å²) in [6.45, 7) is 11.3. The Morgan fingerprint density at radius 1 is 1.02 bits per heavy atom. The molecule has 1 unspecified atom stereocenters. The van der Waals surface area contributed by atoms with Crippen LogP contribution in [0.3, 0.4) is 0 Å². The summed E-state index contributed by atoms with van der Waals surface area (Å²) in [5.41, 5.74) is 5.17. The molecule has 1 fully saturated rings. The predicted octanol–water partition coefficient (Wildman–Crippen LogP) is 2.33. The van der Waals surface area contributed by atoms with Gasteiger partial charge in [-0.3, -0.25) is 15.0 Å². The highest BCUT2D eigenvalue weighted by Gasteiger charge is 2.31. The molecule has 0 aromatic heterocycles. The molecule has 5 N–H and O–H groups in total. The Balaban J connectivity index is 2.00. The standard InChI is InChI=1S/C28H43N5O7/c1-27(2,3)32-26(37)38-16-13-21(31-24(35)19-9-7-18(8-10-19)23(29)30)25(36)33-14-11-20(12-15-33)39-17-22(34)40-28(4,5)6/h7-10,20-21H,11-17H2,1-6H3,(H3,29,30)(H,31,35)(H,32,37). The van der Waals surface area contributed by atoms with E-state index in [-0.39, 0.29) is 37.5 Å². The van der Waals surface area contributed by atoms with E-state index in [0.717, 1.165) is 0 Å². The maximum Gasteiger partial charge on any atom is 0.407 e. The van der Waals surface area contributed by atoms with Crippen LogP contribution in [0.5, 0.6) is 0 Å². The molecule has 0 radical (unpaired) electrons. The molecule has 1 aromatic rings. The first-order chi connectivity index (χ1) is 18.5. The number of benzene rings is 1. The van der Waals surface area contributed by atoms with Crippen molar-refractivity contribution >= 4 is 29.7 Å². The second kappa shape index (κ2) is 14.1. The van der Waals surface area contributed by atoms with Crippen molar-refractivity contribution < 1.29 is 33.4 Å². The summed E-state index contributed by atoms with van der Waals surface area (Å²) in [5.74, 6) is -1.35. The second-order valence-corrected chi connectivity index (χ2v) is 11.7. The Bertz CT molecular complexity index is 1050. The largest absolute Gasteiger partial charge is 0.458 e. The molecular formula is C28H43N5O7. The lowest BCUT2D eigenvalue weighted by molar-refractivity contribution is -0.163. The van der Waals surface area contributed by atoms with Crippen LogP contribution >= 0.6 is 0 Å². The third-order valence-electron chi connectivity index (χ3n) is 5.79. The first kappa shape index (κ1) is 32.5. The van der Waals surface area contributed by atoms with E-state index in [1.165, 1.54) is 12.1 Å². The first-order valence-electron chi connectivity index (χ1n) is 13.4. The van der Waals surface area contributed by atoms with Gasteiger partial charge < -0.3 is 35.5 Å². The van der Waals surface area contributed by atoms with Crippen LogP contribution in [0, 0.1) is 5.41 Å². The van der Waals surface area contributed by atoms with Crippen molar-refractivity contribution in [1.29, 1.82) is 5.41 Å². The molecule has 40 heavy (non-hydrogen) atoms. The number of amidine groups is 1. The lowest BCUT2D eigenvalue weighted by atomic mass is 10.0. The van der Waals surface area contributed by atoms with Crippen molar-refractivity contribution in [2.24, 2.45) is 5.73 Å². The van der Waals surface area contributed by atoms with Crippen molar-refractivity contribution in [2.75, 3.05) is 26.3 Å². The van der Waals surface area contributed by atoms with Crippen LogP contribution in [0.2, 0.25) is 0 Å². The molecule has 1 saturated heterocycles. The lowest BCUT2D eigenvalue weighted by Crippen LogP contribution is -2.52. The van der Waals surface area contributed by atoms with Crippen molar-refractivity contribution in [3.8, 4) is 0 Å². The van der Waals surface area contributed by atoms with E-state index in [2.05, 4.69) is 10.6 Å². The molecule has 1 atom stereocenters. The van der Waals surface area contributed by atoms with Crippen molar-refractivity contribution in [3.63, 3.8) is 0 Å². The molecule has 12 nitrogen and oxygen atoms in total. The number of rotatable bonds is 10. The maximum atomic E-state index is 13.4. The number of carbonyl (C=O) groups is 4. The highest BCUT2D eigenvalue weighted by molar-refractivity contribution is 5.99. The average molecular weight is 562 g/mol. The van der Waals surface area contributed by atoms with Crippen LogP contribution in [0.15, 0.2) is 24.3 Å². The van der Waals surface area contributed by atoms with Gasteiger partial charge in [0.2, 0.25) is 5.91 Å². The Hall–Kier alpha value is -3.67. The number of amides is 3. The van der Waals surface area contributed by atoms with Crippen LogP contribution in [0.4, 0.5) is 4.79 Å². The summed E-state index contributed by atoms with van der Waals surface area (Å²) in [4.78, 5) is 52.1. The van der Waals surface area contributed by atoms with E-state index in [4.69, 9.17) is 25.4 Å². The van der Waals surface area contributed by atoms with Crippen molar-refractivity contribution in [2.45, 2.75) is 84.1 Å². The van der Waals surface area contributed by atoms with E-state index >= 15 is 0 Å². The van der Waals surface area contributed by atoms with Crippen LogP contribution in [-0.4, -0.2) is 84.2 Å². The number of alkyl carbamates (subject to hydrolysis) is 1. The third-order valence-corrected chi connectivity index (χ3v) is 5.79. The number of nitrogen functional groups attached to an aromatic ring is 1. The minimum absolute atomic E-state index is 0.0722. The van der Waals surface area contributed by atoms with Gasteiger partial charge in [-0.1, -0.05) is 12.1 Å². The van der Waals surface area contributed by atoms with E-state index in [1.807, 2.05) is 20.8 Å². The highest BCUT2D eigenvalue weighted by Crippen LogP contribution is 2.17. The zero-order chi connectivity index (χ0) is 30.1. The summed E-state index contributed by atoms with van der Waals surface area (Å²) in [6, 6.07) is 5.20. The Labute approximate surface area is 235 Å². The number of hydrogen-bond acceptors (Lipinski definition) is 8. The van der Waals surface area contributed by atoms with Gasteiger partial charge in [-0.2, -0.15) is 0 Å². The average Bonchev–Trinajstić information content (AvgIpc) is 2.84. The number of esters is 1. The number of likely N-dealkylation sites (tertiary alicyclic amines) is 1. The Kier molecular flexibility index (Phi) is 11.5. The molecule has 0 bridgehead atoms. The normalized spacial score (nSPS) is 15.1. The van der Waals surface area contributed by atoms with Gasteiger partial charge in [0.1, 0.15) is 24.1 Å². The van der Waals surface area contributed by atoms with Gasteiger partial charge in [-0.25, -0.2) is 9.59 Å². The van der Waals surface area contributed by atoms with Gasteiger partial charge in [0, 0.05) is 36.2 Å². The number of hydrogen-bond donors (Lipinski definition) is 4. The van der Waals surface area contributed by atoms with Gasteiger partial charge >= 0.3 is 12.1 Å². The Morgan fingerprint density at radius 2 is 1.60 bits per heavy atom. The molecule has 1 aromatic carbocycles. The van der Waals surface area contributed by atoms with Gasteiger partial charge in [0.15, 0.2) is 0 Å². The number of piperidine rings is 1. The number of nitrogens with zero attached hydrogens (tertiary/aromatic N) is 1. The quantitative estimate of drug-likeness (QED) is 0.191. The van der Waals surface area contributed by atoms with Gasteiger partial charge in [-0.15, -0.1) is 0 Å². The second-order valence-electron chi connectivity index (χ2n) is 11.7. The zero-order valence-electron chi connectivity index (χ0n) is 24.3. The smallest absolute Gasteiger partial charge is 0.407 e. The predicted molar refractivity (Wildman–Crippen MR) is 149 cm³/mol. The molecule has 222 valence electrons. The van der Waals surface area contributed by atoms with Crippen LogP contribution in [-0.2, 0) is 23.8 Å². The molecule has 0 aliphatic carbocycles. The van der Waals surface area contributed by atoms with E-state index in [9.17, 15) is 19.2 Å². The number of nitrogens with one attached hydrogen (secondary N) is 3. The number of ether oxygens (including phenoxy) is 3. The zero-order valence-corrected chi connectivity index (χ0v) is 24.3. The lowest BCUT2D eigenvalue weighted by Gasteiger charge is -2.34. The summed E-state index contributed by atoms with van der Waals surface area (Å²) in [6.07, 6.45) is 0.294. The monoisotopic (exact) mass is 561 g/mol. The number of nitrogens with two attached hydrogens (primary N) is 1. The maximum absolute atomic E-state index is 13.4. The van der Waals surface area contributed by atoms with Crippen molar-refractivity contribution in [1.82, 2.24) is 15.5 Å². The van der Waals surface area contributed by atoms with Gasteiger partial charge in [-0.05, 0) is 66.5 Å². The molecule has 0 spiro atoms. The highest BCUT2D eigenvalue weighted by atomic mass is 16.6. The summed E-state index contributed by atoms with van der Waals surface area (Å²) < 4.78 is 16.2. The minimum Gasteiger partial charge on any atom is -0.458 e. The summed E-state index contributed by atoms with van der Waals surface area (Å²) in [7, 11) is 0. The molecular weight excluding hydrogens is 518 g/mol. The molecule has 12 heteroatoms. The summed E-state index contributed by atoms with van der Waals surface area (Å²) in [5, 5.41) is 12.9. The van der Waals surface area contributed by atoms with Crippen LogP contribution < -0.4 is 16.4 Å². The van der Waals surface area contributed by atoms with Crippen LogP contribution in [0.1, 0.15) is 76.7 Å².